The molecule has 3 aromatic carbocycles. The summed E-state index contributed by atoms with van der Waals surface area (Å²) in [5.74, 6) is 0.307. The fourth-order valence-corrected chi connectivity index (χ4v) is 4.35. The predicted octanol–water partition coefficient (Wildman–Crippen LogP) is 6.19. The molecule has 8 heteroatoms. The minimum Gasteiger partial charge on any atom is -0.493 e. The van der Waals surface area contributed by atoms with Gasteiger partial charge in [0, 0.05) is 11.2 Å². The molecule has 0 unspecified atom stereocenters. The van der Waals surface area contributed by atoms with E-state index < -0.39 is 10.1 Å². The lowest BCUT2D eigenvalue weighted by molar-refractivity contribution is 0.389. The summed E-state index contributed by atoms with van der Waals surface area (Å²) in [6, 6.07) is 17.0. The maximum Gasteiger partial charge on any atom is 0.339 e. The van der Waals surface area contributed by atoms with Gasteiger partial charge in [-0.05, 0) is 82.0 Å². The minimum absolute atomic E-state index is 0.0120. The Morgan fingerprint density at radius 3 is 2.33 bits per heavy atom. The van der Waals surface area contributed by atoms with Crippen molar-refractivity contribution in [2.75, 3.05) is 7.11 Å². The minimum atomic E-state index is -4.06. The Morgan fingerprint density at radius 1 is 1.07 bits per heavy atom. The van der Waals surface area contributed by atoms with Gasteiger partial charge in [0.2, 0.25) is 0 Å². The summed E-state index contributed by atoms with van der Waals surface area (Å²) in [4.78, 5) is 4.44. The number of hydrogen-bond donors (Lipinski definition) is 0. The second-order valence-corrected chi connectivity index (χ2v) is 9.14. The van der Waals surface area contributed by atoms with E-state index >= 15 is 0 Å². The van der Waals surface area contributed by atoms with Crippen LogP contribution in [0.3, 0.4) is 0 Å². The van der Waals surface area contributed by atoms with Gasteiger partial charge in [0.25, 0.3) is 0 Å². The second-order valence-electron chi connectivity index (χ2n) is 6.30. The Balaban J connectivity index is 1.88. The molecular formula is C22H19BrClNO4S. The third-order valence-electron chi connectivity index (χ3n) is 4.25. The zero-order valence-corrected chi connectivity index (χ0v) is 19.5. The summed E-state index contributed by atoms with van der Waals surface area (Å²) in [7, 11) is -2.62. The van der Waals surface area contributed by atoms with Crippen molar-refractivity contribution in [3.8, 4) is 11.5 Å². The van der Waals surface area contributed by atoms with E-state index in [1.807, 2.05) is 24.3 Å². The van der Waals surface area contributed by atoms with Gasteiger partial charge in [0.05, 0.1) is 17.3 Å². The van der Waals surface area contributed by atoms with Crippen molar-refractivity contribution in [1.82, 2.24) is 0 Å². The van der Waals surface area contributed by atoms with Crippen LogP contribution in [0.1, 0.15) is 18.1 Å². The van der Waals surface area contributed by atoms with Gasteiger partial charge in [-0.3, -0.25) is 4.99 Å². The highest BCUT2D eigenvalue weighted by molar-refractivity contribution is 9.10. The highest BCUT2D eigenvalue weighted by atomic mass is 79.9. The van der Waals surface area contributed by atoms with E-state index in [9.17, 15) is 8.42 Å². The standard InChI is InChI=1S/C22H19BrClNO4S/c1-3-15-4-8-18(9-5-15)25-14-16-12-20(23)22(21(13-16)28-2)29-30(26,27)19-10-6-17(24)7-11-19/h4-14H,3H2,1-2H3. The van der Waals surface area contributed by atoms with E-state index in [-0.39, 0.29) is 16.4 Å². The first-order chi connectivity index (χ1) is 14.3. The maximum atomic E-state index is 12.6. The topological polar surface area (TPSA) is 65.0 Å². The molecule has 156 valence electrons. The van der Waals surface area contributed by atoms with Crippen molar-refractivity contribution in [1.29, 1.82) is 0 Å². The van der Waals surface area contributed by atoms with Crippen LogP contribution >= 0.6 is 27.5 Å². The molecular weight excluding hydrogens is 490 g/mol. The Morgan fingerprint density at radius 2 is 1.73 bits per heavy atom. The average Bonchev–Trinajstić information content (AvgIpc) is 2.74. The van der Waals surface area contributed by atoms with E-state index in [0.29, 0.717) is 9.50 Å². The summed E-state index contributed by atoms with van der Waals surface area (Å²) in [5, 5.41) is 0.431. The van der Waals surface area contributed by atoms with Crippen molar-refractivity contribution in [3.63, 3.8) is 0 Å². The van der Waals surface area contributed by atoms with Gasteiger partial charge in [-0.25, -0.2) is 0 Å². The van der Waals surface area contributed by atoms with Crippen molar-refractivity contribution in [2.45, 2.75) is 18.2 Å². The van der Waals surface area contributed by atoms with Gasteiger partial charge in [-0.1, -0.05) is 30.7 Å². The summed E-state index contributed by atoms with van der Waals surface area (Å²) in [6.07, 6.45) is 2.64. The molecule has 0 saturated carbocycles. The summed E-state index contributed by atoms with van der Waals surface area (Å²) in [6.45, 7) is 2.10. The molecule has 0 heterocycles. The normalized spacial score (nSPS) is 11.6. The number of halogens is 2. The molecule has 0 aliphatic carbocycles. The second kappa shape index (κ2) is 9.64. The lowest BCUT2D eigenvalue weighted by Gasteiger charge is -2.13. The lowest BCUT2D eigenvalue weighted by atomic mass is 10.1. The molecule has 0 fully saturated rings. The molecule has 0 N–H and O–H groups in total. The van der Waals surface area contributed by atoms with Crippen molar-refractivity contribution < 1.29 is 17.3 Å². The zero-order valence-electron chi connectivity index (χ0n) is 16.3. The highest BCUT2D eigenvalue weighted by Gasteiger charge is 2.22. The Bertz CT molecular complexity index is 1160. The van der Waals surface area contributed by atoms with Crippen LogP contribution in [0, 0.1) is 0 Å². The number of nitrogens with zero attached hydrogens (tertiary/aromatic N) is 1. The van der Waals surface area contributed by atoms with E-state index in [2.05, 4.69) is 27.8 Å². The third-order valence-corrected chi connectivity index (χ3v) is 6.33. The van der Waals surface area contributed by atoms with Crippen molar-refractivity contribution in [3.05, 3.63) is 81.3 Å². The van der Waals surface area contributed by atoms with Crippen LogP contribution in [0.25, 0.3) is 0 Å². The quantitative estimate of drug-likeness (QED) is 0.282. The first kappa shape index (κ1) is 22.3. The fraction of sp³-hybridized carbons (Fsp3) is 0.136. The smallest absolute Gasteiger partial charge is 0.339 e. The molecule has 0 atom stereocenters. The first-order valence-electron chi connectivity index (χ1n) is 9.03. The molecule has 0 aliphatic heterocycles. The SMILES string of the molecule is CCc1ccc(N=Cc2cc(Br)c(OS(=O)(=O)c3ccc(Cl)cc3)c(OC)c2)cc1. The number of rotatable bonds is 7. The van der Waals surface area contributed by atoms with Gasteiger partial charge in [0.15, 0.2) is 11.5 Å². The van der Waals surface area contributed by atoms with Crippen molar-refractivity contribution in [2.24, 2.45) is 4.99 Å². The van der Waals surface area contributed by atoms with Gasteiger partial charge in [-0.2, -0.15) is 8.42 Å². The highest BCUT2D eigenvalue weighted by Crippen LogP contribution is 2.38. The van der Waals surface area contributed by atoms with Gasteiger partial charge in [-0.15, -0.1) is 0 Å². The van der Waals surface area contributed by atoms with E-state index in [1.54, 1.807) is 18.3 Å². The van der Waals surface area contributed by atoms with Crippen LogP contribution in [0.4, 0.5) is 5.69 Å². The van der Waals surface area contributed by atoms with Crippen LogP contribution < -0.4 is 8.92 Å². The lowest BCUT2D eigenvalue weighted by Crippen LogP contribution is -2.11. The molecule has 3 rings (SSSR count). The third kappa shape index (κ3) is 5.41. The molecule has 0 amide bonds. The molecule has 0 spiro atoms. The number of benzene rings is 3. The Labute approximate surface area is 189 Å². The van der Waals surface area contributed by atoms with Crippen molar-refractivity contribution >= 4 is 49.6 Å². The molecule has 0 bridgehead atoms. The van der Waals surface area contributed by atoms with E-state index in [1.165, 1.54) is 36.9 Å². The fourth-order valence-electron chi connectivity index (χ4n) is 2.62. The summed E-state index contributed by atoms with van der Waals surface area (Å²) >= 11 is 9.19. The molecule has 0 saturated heterocycles. The molecule has 3 aromatic rings. The molecule has 0 radical (unpaired) electrons. The Hall–Kier alpha value is -2.35. The monoisotopic (exact) mass is 507 g/mol. The van der Waals surface area contributed by atoms with Crippen LogP contribution in [0.2, 0.25) is 5.02 Å². The number of hydrogen-bond acceptors (Lipinski definition) is 5. The van der Waals surface area contributed by atoms with Gasteiger partial charge < -0.3 is 8.92 Å². The number of aliphatic imine (C=N–C) groups is 1. The van der Waals surface area contributed by atoms with Crippen LogP contribution in [-0.4, -0.2) is 21.7 Å². The predicted molar refractivity (Wildman–Crippen MR) is 123 cm³/mol. The Kier molecular flexibility index (Phi) is 7.18. The summed E-state index contributed by atoms with van der Waals surface area (Å²) < 4.78 is 36.3. The molecule has 0 aliphatic rings. The van der Waals surface area contributed by atoms with Crippen LogP contribution in [0.15, 0.2) is 75.0 Å². The number of ether oxygens (including phenoxy) is 1. The maximum absolute atomic E-state index is 12.6. The average molecular weight is 509 g/mol. The van der Waals surface area contributed by atoms with Crippen LogP contribution in [-0.2, 0) is 16.5 Å². The summed E-state index contributed by atoms with van der Waals surface area (Å²) in [5.41, 5.74) is 2.77. The van der Waals surface area contributed by atoms with Crippen LogP contribution in [0.5, 0.6) is 11.5 Å². The van der Waals surface area contributed by atoms with E-state index in [0.717, 1.165) is 17.7 Å². The molecule has 30 heavy (non-hydrogen) atoms. The molecule has 0 aromatic heterocycles. The van der Waals surface area contributed by atoms with Gasteiger partial charge in [0.1, 0.15) is 4.90 Å². The van der Waals surface area contributed by atoms with Gasteiger partial charge >= 0.3 is 10.1 Å². The number of methoxy groups -OCH3 is 1. The first-order valence-corrected chi connectivity index (χ1v) is 11.6. The van der Waals surface area contributed by atoms with E-state index in [4.69, 9.17) is 20.5 Å². The number of aryl methyl sites for hydroxylation is 1. The largest absolute Gasteiger partial charge is 0.493 e. The zero-order chi connectivity index (χ0) is 21.7. The molecule has 5 nitrogen and oxygen atoms in total.